The molecule has 0 unspecified atom stereocenters. The van der Waals surface area contributed by atoms with Gasteiger partial charge in [0.25, 0.3) is 5.91 Å². The monoisotopic (exact) mass is 362 g/mol. The fraction of sp³-hybridized carbons (Fsp3) is 0.684. The van der Waals surface area contributed by atoms with Gasteiger partial charge in [-0.15, -0.1) is 0 Å². The molecule has 3 saturated heterocycles. The molecule has 26 heavy (non-hydrogen) atoms. The van der Waals surface area contributed by atoms with Crippen molar-refractivity contribution in [2.45, 2.75) is 31.4 Å². The molecule has 142 valence electrons. The second-order valence-electron chi connectivity index (χ2n) is 7.78. The van der Waals surface area contributed by atoms with Gasteiger partial charge in [-0.25, -0.2) is 0 Å². The highest BCUT2D eigenvalue weighted by Gasteiger charge is 2.56. The van der Waals surface area contributed by atoms with E-state index >= 15 is 0 Å². The molecular weight excluding hydrogens is 336 g/mol. The van der Waals surface area contributed by atoms with Gasteiger partial charge in [-0.3, -0.25) is 9.59 Å². The predicted molar refractivity (Wildman–Crippen MR) is 94.0 cm³/mol. The van der Waals surface area contributed by atoms with Crippen molar-refractivity contribution in [2.24, 2.45) is 18.9 Å². The summed E-state index contributed by atoms with van der Waals surface area (Å²) in [5.41, 5.74) is 0.127. The second-order valence-corrected chi connectivity index (χ2v) is 7.78. The molecule has 0 aliphatic carbocycles. The molecule has 1 aromatic heterocycles. The molecule has 0 aromatic carbocycles. The van der Waals surface area contributed by atoms with Gasteiger partial charge in [0.1, 0.15) is 5.69 Å². The minimum absolute atomic E-state index is 0.0776. The van der Waals surface area contributed by atoms with Gasteiger partial charge in [-0.2, -0.15) is 0 Å². The molecule has 4 rings (SSSR count). The summed E-state index contributed by atoms with van der Waals surface area (Å²) in [7, 11) is 1.80. The fourth-order valence-electron chi connectivity index (χ4n) is 4.81. The van der Waals surface area contributed by atoms with E-state index in [2.05, 4.69) is 0 Å². The van der Waals surface area contributed by atoms with E-state index in [1.165, 1.54) is 12.1 Å². The van der Waals surface area contributed by atoms with E-state index in [1.807, 2.05) is 11.8 Å². The molecule has 1 amide bonds. The topological polar surface area (TPSA) is 81.0 Å². The molecule has 4 heterocycles. The first kappa shape index (κ1) is 17.7. The number of aliphatic hydroxyl groups is 1. The van der Waals surface area contributed by atoms with Crippen LogP contribution in [0.3, 0.4) is 0 Å². The minimum atomic E-state index is -0.849. The zero-order valence-electron chi connectivity index (χ0n) is 15.3. The van der Waals surface area contributed by atoms with Crippen LogP contribution in [0.5, 0.6) is 0 Å². The Morgan fingerprint density at radius 1 is 1.27 bits per heavy atom. The Hall–Kier alpha value is -1.70. The summed E-state index contributed by atoms with van der Waals surface area (Å²) in [5, 5.41) is 11.3. The molecule has 4 atom stereocenters. The third-order valence-electron chi connectivity index (χ3n) is 6.45. The second kappa shape index (κ2) is 6.48. The first-order valence-electron chi connectivity index (χ1n) is 9.28. The lowest BCUT2D eigenvalue weighted by molar-refractivity contribution is -0.212. The molecule has 0 spiro atoms. The van der Waals surface area contributed by atoms with Crippen LogP contribution in [0.1, 0.15) is 29.0 Å². The summed E-state index contributed by atoms with van der Waals surface area (Å²) in [6.45, 7) is 4.27. The lowest BCUT2D eigenvalue weighted by Crippen LogP contribution is -2.69. The molecule has 0 radical (unpaired) electrons. The molecular formula is C19H26N2O5. The van der Waals surface area contributed by atoms with Crippen LogP contribution >= 0.6 is 0 Å². The lowest BCUT2D eigenvalue weighted by Gasteiger charge is -2.57. The van der Waals surface area contributed by atoms with Crippen molar-refractivity contribution < 1.29 is 19.4 Å². The van der Waals surface area contributed by atoms with E-state index in [1.54, 1.807) is 11.6 Å². The van der Waals surface area contributed by atoms with Crippen LogP contribution in [0.2, 0.25) is 0 Å². The van der Waals surface area contributed by atoms with Crippen molar-refractivity contribution in [1.29, 1.82) is 0 Å². The maximum Gasteiger partial charge on any atom is 0.270 e. The lowest BCUT2D eigenvalue weighted by atomic mass is 9.66. The number of amides is 1. The molecule has 0 saturated carbocycles. The average Bonchev–Trinajstić information content (AvgIpc) is 2.63. The Balaban J connectivity index is 1.72. The maximum atomic E-state index is 13.4. The fourth-order valence-corrected chi connectivity index (χ4v) is 4.81. The predicted octanol–water partition coefficient (Wildman–Crippen LogP) is 0.322. The van der Waals surface area contributed by atoms with E-state index in [9.17, 15) is 14.7 Å². The first-order valence-corrected chi connectivity index (χ1v) is 9.28. The normalized spacial score (nSPS) is 34.1. The number of ether oxygens (including phenoxy) is 2. The van der Waals surface area contributed by atoms with Gasteiger partial charge in [-0.05, 0) is 13.3 Å². The molecule has 1 aromatic rings. The van der Waals surface area contributed by atoms with Gasteiger partial charge in [0, 0.05) is 68.9 Å². The zero-order valence-corrected chi connectivity index (χ0v) is 15.3. The highest BCUT2D eigenvalue weighted by atomic mass is 16.5. The third-order valence-corrected chi connectivity index (χ3v) is 6.45. The van der Waals surface area contributed by atoms with E-state index < -0.39 is 5.60 Å². The van der Waals surface area contributed by atoms with Crippen molar-refractivity contribution in [3.05, 3.63) is 33.7 Å². The summed E-state index contributed by atoms with van der Waals surface area (Å²) >= 11 is 0. The van der Waals surface area contributed by atoms with Crippen LogP contribution in [0.4, 0.5) is 0 Å². The Bertz CT molecular complexity index is 776. The van der Waals surface area contributed by atoms with Gasteiger partial charge in [0.2, 0.25) is 0 Å². The number of aryl methyl sites for hydroxylation is 1. The quantitative estimate of drug-likeness (QED) is 0.778. The van der Waals surface area contributed by atoms with E-state index in [0.717, 1.165) is 5.69 Å². The number of likely N-dealkylation sites (tertiary alicyclic amines) is 1. The Morgan fingerprint density at radius 3 is 2.85 bits per heavy atom. The van der Waals surface area contributed by atoms with Gasteiger partial charge in [-0.1, -0.05) is 0 Å². The summed E-state index contributed by atoms with van der Waals surface area (Å²) in [6.07, 6.45) is 1.28. The SMILES string of the molecule is Cc1cc(=O)cc(C(=O)N2C[C@@H]3COCC[C@]3(O)[C@H]3COCC[C@H]32)n1C. The van der Waals surface area contributed by atoms with Gasteiger partial charge in [0.15, 0.2) is 5.43 Å². The van der Waals surface area contributed by atoms with Crippen LogP contribution in [0.25, 0.3) is 0 Å². The number of nitrogens with zero attached hydrogens (tertiary/aromatic N) is 2. The van der Waals surface area contributed by atoms with Gasteiger partial charge >= 0.3 is 0 Å². The number of pyridine rings is 1. The van der Waals surface area contributed by atoms with Crippen LogP contribution < -0.4 is 5.43 Å². The van der Waals surface area contributed by atoms with E-state index in [0.29, 0.717) is 51.5 Å². The first-order chi connectivity index (χ1) is 12.4. The largest absolute Gasteiger partial charge is 0.389 e. The molecule has 7 heteroatoms. The van der Waals surface area contributed by atoms with Crippen LogP contribution in [0.15, 0.2) is 16.9 Å². The van der Waals surface area contributed by atoms with Crippen molar-refractivity contribution in [3.8, 4) is 0 Å². The molecule has 1 N–H and O–H groups in total. The van der Waals surface area contributed by atoms with Crippen LogP contribution in [-0.4, -0.2) is 65.1 Å². The van der Waals surface area contributed by atoms with Crippen molar-refractivity contribution in [3.63, 3.8) is 0 Å². The smallest absolute Gasteiger partial charge is 0.270 e. The Morgan fingerprint density at radius 2 is 2.04 bits per heavy atom. The maximum absolute atomic E-state index is 13.4. The standard InChI is InChI=1S/C19H26N2O5/c1-12-7-14(22)8-17(20(12)2)18(23)21-9-13-10-26-6-4-19(13,24)15-11-25-5-3-16(15)21/h7-8,13,15-16,24H,3-6,9-11H2,1-2H3/t13-,15+,16-,19-/m1/s1. The summed E-state index contributed by atoms with van der Waals surface area (Å²) < 4.78 is 13.0. The zero-order chi connectivity index (χ0) is 18.5. The molecule has 3 fully saturated rings. The molecule has 0 bridgehead atoms. The minimum Gasteiger partial charge on any atom is -0.389 e. The summed E-state index contributed by atoms with van der Waals surface area (Å²) in [4.78, 5) is 27.2. The highest BCUT2D eigenvalue weighted by Crippen LogP contribution is 2.44. The number of carbonyl (C=O) groups is 1. The summed E-state index contributed by atoms with van der Waals surface area (Å²) in [6, 6.07) is 2.85. The van der Waals surface area contributed by atoms with Gasteiger partial charge < -0.3 is 24.0 Å². The number of hydrogen-bond acceptors (Lipinski definition) is 5. The van der Waals surface area contributed by atoms with Crippen LogP contribution in [-0.2, 0) is 16.5 Å². The summed E-state index contributed by atoms with van der Waals surface area (Å²) in [5.74, 6) is -0.410. The number of aromatic nitrogens is 1. The van der Waals surface area contributed by atoms with Crippen molar-refractivity contribution in [1.82, 2.24) is 9.47 Å². The average molecular weight is 362 g/mol. The Kier molecular flexibility index (Phi) is 4.41. The number of carbonyl (C=O) groups excluding carboxylic acids is 1. The van der Waals surface area contributed by atoms with Crippen LogP contribution in [0, 0.1) is 18.8 Å². The van der Waals surface area contributed by atoms with E-state index in [-0.39, 0.29) is 29.2 Å². The van der Waals surface area contributed by atoms with Crippen molar-refractivity contribution >= 4 is 5.91 Å². The van der Waals surface area contributed by atoms with Crippen molar-refractivity contribution in [2.75, 3.05) is 33.0 Å². The van der Waals surface area contributed by atoms with Gasteiger partial charge in [0.05, 0.1) is 18.8 Å². The molecule has 3 aliphatic heterocycles. The number of piperidine rings is 1. The third kappa shape index (κ3) is 2.69. The Labute approximate surface area is 152 Å². The number of hydrogen-bond donors (Lipinski definition) is 1. The molecule has 3 aliphatic rings. The number of fused-ring (bicyclic) bond motifs is 3. The van der Waals surface area contributed by atoms with E-state index in [4.69, 9.17) is 9.47 Å². The molecule has 7 nitrogen and oxygen atoms in total. The highest BCUT2D eigenvalue weighted by molar-refractivity contribution is 5.93. The number of rotatable bonds is 1.